The molecule has 2 rings (SSSR count). The molecule has 7 nitrogen and oxygen atoms in total. The van der Waals surface area contributed by atoms with E-state index < -0.39 is 0 Å². The summed E-state index contributed by atoms with van der Waals surface area (Å²) in [4.78, 5) is 6.20. The van der Waals surface area contributed by atoms with Crippen molar-refractivity contribution in [2.24, 2.45) is 16.8 Å². The molecule has 1 aliphatic heterocycles. The first kappa shape index (κ1) is 11.6. The van der Waals surface area contributed by atoms with Crippen molar-refractivity contribution in [1.82, 2.24) is 15.2 Å². The average Bonchev–Trinajstić information content (AvgIpc) is 2.42. The summed E-state index contributed by atoms with van der Waals surface area (Å²) < 4.78 is 0. The van der Waals surface area contributed by atoms with Crippen molar-refractivity contribution >= 4 is 11.8 Å². The fourth-order valence-corrected chi connectivity index (χ4v) is 1.76. The molecule has 2 heterocycles. The van der Waals surface area contributed by atoms with E-state index >= 15 is 0 Å². The Kier molecular flexibility index (Phi) is 3.73. The topological polar surface area (TPSA) is 95.8 Å². The van der Waals surface area contributed by atoms with Crippen molar-refractivity contribution in [3.63, 3.8) is 0 Å². The van der Waals surface area contributed by atoms with E-state index in [-0.39, 0.29) is 0 Å². The van der Waals surface area contributed by atoms with Gasteiger partial charge in [0.05, 0.1) is 0 Å². The fraction of sp³-hybridized carbons (Fsp3) is 0.400. The number of guanidine groups is 1. The van der Waals surface area contributed by atoms with Gasteiger partial charge in [-0.15, -0.1) is 5.10 Å². The second-order valence-electron chi connectivity index (χ2n) is 3.72. The lowest BCUT2D eigenvalue weighted by atomic mass is 10.4. The Morgan fingerprint density at radius 2 is 2.18 bits per heavy atom. The van der Waals surface area contributed by atoms with E-state index in [2.05, 4.69) is 15.4 Å². The molecular formula is C10H17N7. The van der Waals surface area contributed by atoms with Gasteiger partial charge in [-0.1, -0.05) is 6.07 Å². The molecule has 1 aromatic rings. The maximum absolute atomic E-state index is 5.98. The van der Waals surface area contributed by atoms with Crippen LogP contribution in [0.25, 0.3) is 0 Å². The van der Waals surface area contributed by atoms with Gasteiger partial charge < -0.3 is 16.1 Å². The van der Waals surface area contributed by atoms with E-state index in [9.17, 15) is 0 Å². The van der Waals surface area contributed by atoms with Gasteiger partial charge in [0.15, 0.2) is 0 Å². The summed E-state index contributed by atoms with van der Waals surface area (Å²) in [5, 5.41) is 8.43. The SMILES string of the molecule is N/N=C(/N1CCNCC1)N(N)c1ccccn1. The van der Waals surface area contributed by atoms with Gasteiger partial charge in [-0.3, -0.25) is 0 Å². The first-order valence-corrected chi connectivity index (χ1v) is 5.52. The third-order valence-electron chi connectivity index (χ3n) is 2.63. The Morgan fingerprint density at radius 3 is 2.76 bits per heavy atom. The van der Waals surface area contributed by atoms with Gasteiger partial charge >= 0.3 is 0 Å². The average molecular weight is 235 g/mol. The molecular weight excluding hydrogens is 218 g/mol. The molecule has 1 fully saturated rings. The van der Waals surface area contributed by atoms with Crippen LogP contribution in [0.3, 0.4) is 0 Å². The van der Waals surface area contributed by atoms with Gasteiger partial charge in [-0.2, -0.15) is 0 Å². The number of rotatable bonds is 1. The molecule has 1 aromatic heterocycles. The van der Waals surface area contributed by atoms with Crippen LogP contribution in [0.1, 0.15) is 0 Å². The Hall–Kier alpha value is -1.86. The lowest BCUT2D eigenvalue weighted by Crippen LogP contribution is -2.55. The smallest absolute Gasteiger partial charge is 0.239 e. The first-order chi connectivity index (χ1) is 8.33. The maximum atomic E-state index is 5.98. The Morgan fingerprint density at radius 1 is 1.41 bits per heavy atom. The van der Waals surface area contributed by atoms with Crippen LogP contribution in [0.15, 0.2) is 29.5 Å². The molecule has 92 valence electrons. The zero-order valence-corrected chi connectivity index (χ0v) is 9.58. The maximum Gasteiger partial charge on any atom is 0.239 e. The number of aromatic nitrogens is 1. The third kappa shape index (κ3) is 2.63. The summed E-state index contributed by atoms with van der Waals surface area (Å²) in [7, 11) is 0. The van der Waals surface area contributed by atoms with Crippen LogP contribution in [0.4, 0.5) is 5.82 Å². The fourth-order valence-electron chi connectivity index (χ4n) is 1.76. The highest BCUT2D eigenvalue weighted by molar-refractivity contribution is 5.93. The summed E-state index contributed by atoms with van der Waals surface area (Å²) >= 11 is 0. The van der Waals surface area contributed by atoms with Crippen LogP contribution in [-0.2, 0) is 0 Å². The molecule has 0 bridgehead atoms. The molecule has 0 aliphatic carbocycles. The minimum absolute atomic E-state index is 0.533. The molecule has 7 heteroatoms. The summed E-state index contributed by atoms with van der Waals surface area (Å²) in [6, 6.07) is 5.52. The van der Waals surface area contributed by atoms with Crippen LogP contribution < -0.4 is 22.0 Å². The third-order valence-corrected chi connectivity index (χ3v) is 2.63. The van der Waals surface area contributed by atoms with E-state index in [1.54, 1.807) is 6.20 Å². The van der Waals surface area contributed by atoms with E-state index in [0.29, 0.717) is 11.8 Å². The summed E-state index contributed by atoms with van der Waals surface area (Å²) in [6.45, 7) is 3.46. The predicted molar refractivity (Wildman–Crippen MR) is 67.0 cm³/mol. The summed E-state index contributed by atoms with van der Waals surface area (Å²) in [6.07, 6.45) is 1.68. The molecule has 0 atom stereocenters. The number of piperazine rings is 1. The molecule has 0 saturated carbocycles. The number of hydrazine groups is 1. The molecule has 0 radical (unpaired) electrons. The zero-order valence-electron chi connectivity index (χ0n) is 9.58. The number of nitrogens with two attached hydrogens (primary N) is 2. The van der Waals surface area contributed by atoms with Gasteiger partial charge in [0.25, 0.3) is 0 Å². The van der Waals surface area contributed by atoms with E-state index in [4.69, 9.17) is 11.7 Å². The molecule has 0 aromatic carbocycles. The van der Waals surface area contributed by atoms with Crippen molar-refractivity contribution in [3.05, 3.63) is 24.4 Å². The molecule has 17 heavy (non-hydrogen) atoms. The second-order valence-corrected chi connectivity index (χ2v) is 3.72. The highest BCUT2D eigenvalue weighted by atomic mass is 15.6. The van der Waals surface area contributed by atoms with Crippen LogP contribution in [-0.4, -0.2) is 42.0 Å². The van der Waals surface area contributed by atoms with E-state index in [1.807, 2.05) is 23.1 Å². The van der Waals surface area contributed by atoms with Crippen LogP contribution in [0.5, 0.6) is 0 Å². The van der Waals surface area contributed by atoms with E-state index in [1.165, 1.54) is 5.01 Å². The van der Waals surface area contributed by atoms with Crippen molar-refractivity contribution in [2.75, 3.05) is 31.2 Å². The van der Waals surface area contributed by atoms with Gasteiger partial charge in [-0.05, 0) is 12.1 Å². The van der Waals surface area contributed by atoms with Crippen LogP contribution in [0.2, 0.25) is 0 Å². The van der Waals surface area contributed by atoms with Gasteiger partial charge in [0.2, 0.25) is 5.96 Å². The Labute approximate surface area is 100 Å². The largest absolute Gasteiger partial charge is 0.337 e. The lowest BCUT2D eigenvalue weighted by molar-refractivity contribution is 0.350. The molecule has 0 amide bonds. The lowest BCUT2D eigenvalue weighted by Gasteiger charge is -2.33. The minimum Gasteiger partial charge on any atom is -0.337 e. The standard InChI is InChI=1S/C10H17N7/c11-15-10(16-7-5-13-6-8-16)17(12)9-3-1-2-4-14-9/h1-4,13H,5-8,11-12H2/b15-10-. The molecule has 1 aliphatic rings. The number of nitrogens with zero attached hydrogens (tertiary/aromatic N) is 4. The number of anilines is 1. The minimum atomic E-state index is 0.533. The second kappa shape index (κ2) is 5.46. The van der Waals surface area contributed by atoms with Gasteiger partial charge in [0, 0.05) is 32.4 Å². The monoisotopic (exact) mass is 235 g/mol. The van der Waals surface area contributed by atoms with Crippen LogP contribution in [0, 0.1) is 0 Å². The summed E-state index contributed by atoms with van der Waals surface area (Å²) in [5.41, 5.74) is 0. The molecule has 1 saturated heterocycles. The van der Waals surface area contributed by atoms with Crippen molar-refractivity contribution in [2.45, 2.75) is 0 Å². The van der Waals surface area contributed by atoms with Crippen molar-refractivity contribution in [3.8, 4) is 0 Å². The normalized spacial score (nSPS) is 17.0. The van der Waals surface area contributed by atoms with Gasteiger partial charge in [0.1, 0.15) is 5.82 Å². The van der Waals surface area contributed by atoms with Crippen LogP contribution >= 0.6 is 0 Å². The Balaban J connectivity index is 2.13. The Bertz CT molecular complexity index is 372. The molecule has 5 N–H and O–H groups in total. The quantitative estimate of drug-likeness (QED) is 0.247. The predicted octanol–water partition coefficient (Wildman–Crippen LogP) is -1.10. The number of hydrazone groups is 1. The number of hydrogen-bond donors (Lipinski definition) is 3. The number of nitrogens with one attached hydrogen (secondary N) is 1. The van der Waals surface area contributed by atoms with Crippen molar-refractivity contribution in [1.29, 1.82) is 0 Å². The summed E-state index contributed by atoms with van der Waals surface area (Å²) in [5.74, 6) is 12.6. The van der Waals surface area contributed by atoms with Gasteiger partial charge in [-0.25, -0.2) is 15.8 Å². The molecule has 0 unspecified atom stereocenters. The number of pyridine rings is 1. The number of hydrogen-bond acceptors (Lipinski definition) is 5. The molecule has 0 spiro atoms. The highest BCUT2D eigenvalue weighted by Crippen LogP contribution is 2.08. The zero-order chi connectivity index (χ0) is 12.1. The van der Waals surface area contributed by atoms with Crippen molar-refractivity contribution < 1.29 is 0 Å². The highest BCUT2D eigenvalue weighted by Gasteiger charge is 2.20. The van der Waals surface area contributed by atoms with E-state index in [0.717, 1.165) is 26.2 Å². The first-order valence-electron chi connectivity index (χ1n) is 5.52.